The fraction of sp³-hybridized carbons (Fsp3) is 0.857. The van der Waals surface area contributed by atoms with Gasteiger partial charge in [-0.15, -0.1) is 0 Å². The number of hydrogen-bond donors (Lipinski definition) is 0. The summed E-state index contributed by atoms with van der Waals surface area (Å²) in [5.41, 5.74) is 0. The molecule has 0 aliphatic carbocycles. The van der Waals surface area contributed by atoms with Gasteiger partial charge in [-0.3, -0.25) is 4.18 Å². The van der Waals surface area contributed by atoms with Crippen molar-refractivity contribution in [3.05, 3.63) is 0 Å². The van der Waals surface area contributed by atoms with Gasteiger partial charge in [0, 0.05) is 6.42 Å². The third kappa shape index (κ3) is 6.13. The summed E-state index contributed by atoms with van der Waals surface area (Å²) in [7, 11) is -3.32. The van der Waals surface area contributed by atoms with Gasteiger partial charge in [0.25, 0.3) is 10.1 Å². The Morgan fingerprint density at radius 1 is 1.50 bits per heavy atom. The summed E-state index contributed by atoms with van der Waals surface area (Å²) in [4.78, 5) is 0. The number of unbranched alkanes of at least 4 members (excludes halogenated alkanes) is 1. The average Bonchev–Trinajstić information content (AvgIpc) is 1.98. The molecule has 0 unspecified atom stereocenters. The van der Waals surface area contributed by atoms with E-state index >= 15 is 0 Å². The maximum Gasteiger partial charge on any atom is 0.267 e. The first-order chi connectivity index (χ1) is 5.62. The predicted octanol–water partition coefficient (Wildman–Crippen LogP) is 1.05. The first-order valence-corrected chi connectivity index (χ1v) is 5.44. The Morgan fingerprint density at radius 2 is 2.17 bits per heavy atom. The Labute approximate surface area is 73.3 Å². The van der Waals surface area contributed by atoms with Crippen LogP contribution in [0.1, 0.15) is 26.2 Å². The Kier molecular flexibility index (Phi) is 5.68. The van der Waals surface area contributed by atoms with E-state index in [2.05, 4.69) is 4.18 Å². The van der Waals surface area contributed by atoms with Gasteiger partial charge in [-0.25, -0.2) is 0 Å². The van der Waals surface area contributed by atoms with Crippen LogP contribution in [0.3, 0.4) is 0 Å². The maximum atomic E-state index is 10.9. The number of nitriles is 1. The predicted molar refractivity (Wildman–Crippen MR) is 44.9 cm³/mol. The monoisotopic (exact) mass is 191 g/mol. The van der Waals surface area contributed by atoms with E-state index in [4.69, 9.17) is 5.26 Å². The fourth-order valence-electron chi connectivity index (χ4n) is 0.646. The third-order valence-corrected chi connectivity index (χ3v) is 2.58. The SMILES string of the molecule is CCCS(=O)(=O)OCCCC#N. The molecule has 4 nitrogen and oxygen atoms in total. The Morgan fingerprint density at radius 3 is 2.67 bits per heavy atom. The lowest BCUT2D eigenvalue weighted by molar-refractivity contribution is 0.313. The Bertz CT molecular complexity index is 240. The zero-order valence-corrected chi connectivity index (χ0v) is 7.93. The number of rotatable bonds is 6. The van der Waals surface area contributed by atoms with Crippen molar-refractivity contribution in [3.63, 3.8) is 0 Å². The Hall–Kier alpha value is -0.600. The smallest absolute Gasteiger partial charge is 0.267 e. The van der Waals surface area contributed by atoms with Crippen LogP contribution in [0.15, 0.2) is 0 Å². The lowest BCUT2D eigenvalue weighted by Crippen LogP contribution is -2.10. The number of hydrogen-bond acceptors (Lipinski definition) is 4. The molecule has 0 aliphatic heterocycles. The van der Waals surface area contributed by atoms with Crippen molar-refractivity contribution >= 4 is 10.1 Å². The normalized spacial score (nSPS) is 11.0. The topological polar surface area (TPSA) is 67.2 Å². The van der Waals surface area contributed by atoms with E-state index in [0.29, 0.717) is 19.3 Å². The fourth-order valence-corrected chi connectivity index (χ4v) is 1.64. The van der Waals surface area contributed by atoms with Gasteiger partial charge in [-0.2, -0.15) is 13.7 Å². The first kappa shape index (κ1) is 11.4. The van der Waals surface area contributed by atoms with Crippen LogP contribution in [0.4, 0.5) is 0 Å². The average molecular weight is 191 g/mol. The molecule has 0 amide bonds. The van der Waals surface area contributed by atoms with Gasteiger partial charge in [0.05, 0.1) is 18.4 Å². The second-order valence-corrected chi connectivity index (χ2v) is 4.10. The minimum absolute atomic E-state index is 0.0551. The Balaban J connectivity index is 3.57. The molecule has 0 aromatic rings. The maximum absolute atomic E-state index is 10.9. The van der Waals surface area contributed by atoms with Crippen molar-refractivity contribution in [1.29, 1.82) is 5.26 Å². The quantitative estimate of drug-likeness (QED) is 0.465. The van der Waals surface area contributed by atoms with Gasteiger partial charge in [0.15, 0.2) is 0 Å². The zero-order chi connectivity index (χ0) is 9.45. The molecule has 0 spiro atoms. The van der Waals surface area contributed by atoms with Gasteiger partial charge in [-0.05, 0) is 12.8 Å². The van der Waals surface area contributed by atoms with Crippen LogP contribution >= 0.6 is 0 Å². The highest BCUT2D eigenvalue weighted by molar-refractivity contribution is 7.86. The molecule has 12 heavy (non-hydrogen) atoms. The van der Waals surface area contributed by atoms with Crippen LogP contribution in [0, 0.1) is 11.3 Å². The van der Waals surface area contributed by atoms with Crippen LogP contribution in [0.25, 0.3) is 0 Å². The highest BCUT2D eigenvalue weighted by Gasteiger charge is 2.07. The van der Waals surface area contributed by atoms with Gasteiger partial charge in [0.2, 0.25) is 0 Å². The zero-order valence-electron chi connectivity index (χ0n) is 7.12. The molecule has 0 saturated heterocycles. The molecule has 0 rings (SSSR count). The van der Waals surface area contributed by atoms with E-state index in [1.165, 1.54) is 0 Å². The molecule has 0 aromatic carbocycles. The summed E-state index contributed by atoms with van der Waals surface area (Å²) >= 11 is 0. The second kappa shape index (κ2) is 5.98. The lowest BCUT2D eigenvalue weighted by Gasteiger charge is -2.01. The van der Waals surface area contributed by atoms with E-state index in [0.717, 1.165) is 0 Å². The molecule has 0 atom stereocenters. The summed E-state index contributed by atoms with van der Waals surface area (Å²) in [5, 5.41) is 8.14. The molecular formula is C7H13NO3S. The number of nitrogens with zero attached hydrogens (tertiary/aromatic N) is 1. The standard InChI is InChI=1S/C7H13NO3S/c1-2-7-12(9,10)11-6-4-3-5-8/h2-4,6-7H2,1H3. The van der Waals surface area contributed by atoms with Crippen molar-refractivity contribution < 1.29 is 12.6 Å². The molecule has 0 aliphatic rings. The highest BCUT2D eigenvalue weighted by atomic mass is 32.2. The second-order valence-electron chi connectivity index (χ2n) is 2.35. The summed E-state index contributed by atoms with van der Waals surface area (Å²) in [6, 6.07) is 1.91. The highest BCUT2D eigenvalue weighted by Crippen LogP contribution is 1.98. The molecule has 0 heterocycles. The van der Waals surface area contributed by atoms with Crippen molar-refractivity contribution in [2.24, 2.45) is 0 Å². The van der Waals surface area contributed by atoms with E-state index in [1.807, 2.05) is 6.07 Å². The largest absolute Gasteiger partial charge is 0.270 e. The van der Waals surface area contributed by atoms with Crippen LogP contribution in [0.2, 0.25) is 0 Å². The molecule has 70 valence electrons. The minimum Gasteiger partial charge on any atom is -0.270 e. The van der Waals surface area contributed by atoms with Crippen molar-refractivity contribution in [3.8, 4) is 6.07 Å². The third-order valence-electron chi connectivity index (χ3n) is 1.15. The van der Waals surface area contributed by atoms with E-state index in [9.17, 15) is 8.42 Å². The summed E-state index contributed by atoms with van der Waals surface area (Å²) < 4.78 is 26.4. The van der Waals surface area contributed by atoms with Crippen LogP contribution in [0.5, 0.6) is 0 Å². The molecule has 0 radical (unpaired) electrons. The van der Waals surface area contributed by atoms with Gasteiger partial charge in [-0.1, -0.05) is 6.92 Å². The van der Waals surface area contributed by atoms with Gasteiger partial charge >= 0.3 is 0 Å². The first-order valence-electron chi connectivity index (χ1n) is 3.86. The van der Waals surface area contributed by atoms with Crippen LogP contribution in [-0.4, -0.2) is 20.8 Å². The lowest BCUT2D eigenvalue weighted by atomic mass is 10.4. The molecule has 0 fully saturated rings. The van der Waals surface area contributed by atoms with Crippen LogP contribution in [-0.2, 0) is 14.3 Å². The minimum atomic E-state index is -3.32. The van der Waals surface area contributed by atoms with E-state index in [1.54, 1.807) is 6.92 Å². The van der Waals surface area contributed by atoms with Crippen molar-refractivity contribution in [2.75, 3.05) is 12.4 Å². The van der Waals surface area contributed by atoms with Gasteiger partial charge < -0.3 is 0 Å². The van der Waals surface area contributed by atoms with Gasteiger partial charge in [0.1, 0.15) is 0 Å². The van der Waals surface area contributed by atoms with E-state index in [-0.39, 0.29) is 12.4 Å². The van der Waals surface area contributed by atoms with E-state index < -0.39 is 10.1 Å². The molecule has 0 N–H and O–H groups in total. The molecule has 0 aromatic heterocycles. The molecule has 0 bridgehead atoms. The van der Waals surface area contributed by atoms with Crippen molar-refractivity contribution in [2.45, 2.75) is 26.2 Å². The summed E-state index contributed by atoms with van der Waals surface area (Å²) in [6.45, 7) is 1.89. The van der Waals surface area contributed by atoms with Crippen LogP contribution < -0.4 is 0 Å². The van der Waals surface area contributed by atoms with Crippen molar-refractivity contribution in [1.82, 2.24) is 0 Å². The summed E-state index contributed by atoms with van der Waals surface area (Å²) in [5.74, 6) is 0.0551. The molecule has 0 saturated carbocycles. The molecular weight excluding hydrogens is 178 g/mol. The molecule has 5 heteroatoms. The summed E-state index contributed by atoms with van der Waals surface area (Å²) in [6.07, 6.45) is 1.36.